The van der Waals surface area contributed by atoms with E-state index >= 15 is 0 Å². The number of aromatic nitrogens is 2. The molecule has 1 saturated heterocycles. The number of H-pyrrole nitrogens is 1. The van der Waals surface area contributed by atoms with Crippen molar-refractivity contribution in [1.29, 1.82) is 0 Å². The summed E-state index contributed by atoms with van der Waals surface area (Å²) in [7, 11) is 0. The average Bonchev–Trinajstić information content (AvgIpc) is 2.82. The highest BCUT2D eigenvalue weighted by Crippen LogP contribution is 2.21. The fraction of sp³-hybridized carbons (Fsp3) is 0.240. The van der Waals surface area contributed by atoms with Crippen LogP contribution in [0.2, 0.25) is 0 Å². The monoisotopic (exact) mass is 412 g/mol. The first kappa shape index (κ1) is 19.5. The first-order valence-electron chi connectivity index (χ1n) is 10.6. The van der Waals surface area contributed by atoms with Gasteiger partial charge in [0, 0.05) is 38.1 Å². The first-order chi connectivity index (χ1) is 15.2. The molecule has 4 aromatic rings. The molecule has 1 amide bonds. The number of benzene rings is 3. The molecule has 1 aromatic heterocycles. The molecule has 3 aromatic carbocycles. The molecule has 1 aliphatic rings. The van der Waals surface area contributed by atoms with Crippen LogP contribution >= 0.6 is 0 Å². The van der Waals surface area contributed by atoms with Gasteiger partial charge in [0.2, 0.25) is 5.91 Å². The number of hydrogen-bond acceptors (Lipinski definition) is 4. The maximum Gasteiger partial charge on any atom is 0.272 e. The molecule has 1 fully saturated rings. The van der Waals surface area contributed by atoms with Crippen LogP contribution in [0.1, 0.15) is 11.3 Å². The summed E-state index contributed by atoms with van der Waals surface area (Å²) in [5.41, 5.74) is 1.72. The molecular weight excluding hydrogens is 388 g/mol. The third-order valence-electron chi connectivity index (χ3n) is 6.09. The van der Waals surface area contributed by atoms with Crippen LogP contribution in [0.5, 0.6) is 0 Å². The van der Waals surface area contributed by atoms with Gasteiger partial charge in [0.25, 0.3) is 5.56 Å². The van der Waals surface area contributed by atoms with Crippen LogP contribution in [0, 0.1) is 0 Å². The van der Waals surface area contributed by atoms with Crippen molar-refractivity contribution in [1.82, 2.24) is 20.0 Å². The van der Waals surface area contributed by atoms with Crippen molar-refractivity contribution in [2.75, 3.05) is 26.2 Å². The predicted octanol–water partition coefficient (Wildman–Crippen LogP) is 2.96. The van der Waals surface area contributed by atoms with Crippen LogP contribution < -0.4 is 5.56 Å². The molecule has 6 heteroatoms. The molecule has 2 heterocycles. The van der Waals surface area contributed by atoms with E-state index in [0.717, 1.165) is 25.0 Å². The minimum Gasteiger partial charge on any atom is -0.340 e. The van der Waals surface area contributed by atoms with Crippen molar-refractivity contribution in [3.05, 3.63) is 88.3 Å². The minimum atomic E-state index is -0.228. The normalized spacial score (nSPS) is 14.9. The molecule has 0 bridgehead atoms. The predicted molar refractivity (Wildman–Crippen MR) is 122 cm³/mol. The van der Waals surface area contributed by atoms with Gasteiger partial charge in [0.15, 0.2) is 0 Å². The zero-order valence-electron chi connectivity index (χ0n) is 17.3. The molecule has 31 heavy (non-hydrogen) atoms. The average molecular weight is 412 g/mol. The van der Waals surface area contributed by atoms with Crippen molar-refractivity contribution in [2.45, 2.75) is 13.0 Å². The SMILES string of the molecule is O=C(Cc1n[nH]c(=O)c2ccccc12)N1CCN(Cc2cccc3ccccc23)CC1. The lowest BCUT2D eigenvalue weighted by Gasteiger charge is -2.35. The van der Waals surface area contributed by atoms with Crippen molar-refractivity contribution < 1.29 is 4.79 Å². The van der Waals surface area contributed by atoms with Gasteiger partial charge < -0.3 is 4.90 Å². The van der Waals surface area contributed by atoms with Gasteiger partial charge in [0.05, 0.1) is 17.5 Å². The van der Waals surface area contributed by atoms with E-state index in [1.54, 1.807) is 6.07 Å². The molecule has 6 nitrogen and oxygen atoms in total. The Morgan fingerprint density at radius 3 is 2.32 bits per heavy atom. The van der Waals surface area contributed by atoms with Gasteiger partial charge in [-0.3, -0.25) is 14.5 Å². The highest BCUT2D eigenvalue weighted by molar-refractivity contribution is 5.88. The summed E-state index contributed by atoms with van der Waals surface area (Å²) in [5, 5.41) is 10.5. The number of rotatable bonds is 4. The topological polar surface area (TPSA) is 69.3 Å². The Bertz CT molecular complexity index is 1300. The van der Waals surface area contributed by atoms with Crippen LogP contribution in [0.15, 0.2) is 71.5 Å². The highest BCUT2D eigenvalue weighted by Gasteiger charge is 2.22. The fourth-order valence-electron chi connectivity index (χ4n) is 4.39. The van der Waals surface area contributed by atoms with Crippen molar-refractivity contribution in [3.8, 4) is 0 Å². The minimum absolute atomic E-state index is 0.0505. The molecule has 156 valence electrons. The van der Waals surface area contributed by atoms with E-state index in [0.29, 0.717) is 24.2 Å². The summed E-state index contributed by atoms with van der Waals surface area (Å²) in [6.45, 7) is 3.97. The number of carbonyl (C=O) groups is 1. The Morgan fingerprint density at radius 1 is 0.839 bits per heavy atom. The van der Waals surface area contributed by atoms with Gasteiger partial charge in [-0.2, -0.15) is 5.10 Å². The second-order valence-electron chi connectivity index (χ2n) is 8.02. The summed E-state index contributed by atoms with van der Waals surface area (Å²) in [4.78, 5) is 29.2. The van der Waals surface area contributed by atoms with Crippen LogP contribution in [-0.4, -0.2) is 52.1 Å². The Hall–Kier alpha value is -3.51. The largest absolute Gasteiger partial charge is 0.340 e. The van der Waals surface area contributed by atoms with E-state index in [4.69, 9.17) is 0 Å². The Balaban J connectivity index is 1.24. The van der Waals surface area contributed by atoms with Crippen LogP contribution in [0.4, 0.5) is 0 Å². The summed E-state index contributed by atoms with van der Waals surface area (Å²) in [5.74, 6) is 0.0505. The summed E-state index contributed by atoms with van der Waals surface area (Å²) >= 11 is 0. The van der Waals surface area contributed by atoms with Crippen LogP contribution in [0.3, 0.4) is 0 Å². The van der Waals surface area contributed by atoms with Gasteiger partial charge in [0.1, 0.15) is 0 Å². The van der Waals surface area contributed by atoms with E-state index in [-0.39, 0.29) is 17.9 Å². The molecule has 0 unspecified atom stereocenters. The van der Waals surface area contributed by atoms with Crippen molar-refractivity contribution in [3.63, 3.8) is 0 Å². The molecule has 1 N–H and O–H groups in total. The molecule has 0 atom stereocenters. The smallest absolute Gasteiger partial charge is 0.272 e. The fourth-order valence-corrected chi connectivity index (χ4v) is 4.39. The molecular formula is C25H24N4O2. The van der Waals surface area contributed by atoms with Gasteiger partial charge in [-0.25, -0.2) is 5.10 Å². The van der Waals surface area contributed by atoms with Gasteiger partial charge in [-0.05, 0) is 22.4 Å². The summed E-state index contributed by atoms with van der Waals surface area (Å²) < 4.78 is 0. The summed E-state index contributed by atoms with van der Waals surface area (Å²) in [6, 6.07) is 22.2. The lowest BCUT2D eigenvalue weighted by atomic mass is 10.0. The number of piperazine rings is 1. The quantitative estimate of drug-likeness (QED) is 0.560. The number of aromatic amines is 1. The molecule has 0 saturated carbocycles. The summed E-state index contributed by atoms with van der Waals surface area (Å²) in [6.07, 6.45) is 0.195. The van der Waals surface area contributed by atoms with E-state index < -0.39 is 0 Å². The highest BCUT2D eigenvalue weighted by atomic mass is 16.2. The Kier molecular flexibility index (Phi) is 5.22. The maximum absolute atomic E-state index is 12.9. The number of carbonyl (C=O) groups excluding carboxylic acids is 1. The van der Waals surface area contributed by atoms with E-state index in [1.165, 1.54) is 16.3 Å². The number of hydrogen-bond donors (Lipinski definition) is 1. The van der Waals surface area contributed by atoms with E-state index in [1.807, 2.05) is 23.1 Å². The maximum atomic E-state index is 12.9. The van der Waals surface area contributed by atoms with Crippen molar-refractivity contribution in [2.24, 2.45) is 0 Å². The van der Waals surface area contributed by atoms with Crippen LogP contribution in [-0.2, 0) is 17.8 Å². The number of fused-ring (bicyclic) bond motifs is 2. The molecule has 0 aliphatic carbocycles. The van der Waals surface area contributed by atoms with E-state index in [9.17, 15) is 9.59 Å². The zero-order valence-corrected chi connectivity index (χ0v) is 17.3. The van der Waals surface area contributed by atoms with E-state index in [2.05, 4.69) is 57.6 Å². The van der Waals surface area contributed by atoms with Gasteiger partial charge in [-0.15, -0.1) is 0 Å². The Morgan fingerprint density at radius 2 is 1.52 bits per heavy atom. The lowest BCUT2D eigenvalue weighted by Crippen LogP contribution is -2.48. The second-order valence-corrected chi connectivity index (χ2v) is 8.02. The molecule has 0 radical (unpaired) electrons. The number of nitrogens with zero attached hydrogens (tertiary/aromatic N) is 3. The van der Waals surface area contributed by atoms with Crippen LogP contribution in [0.25, 0.3) is 21.5 Å². The second kappa shape index (κ2) is 8.32. The van der Waals surface area contributed by atoms with Gasteiger partial charge >= 0.3 is 0 Å². The molecule has 5 rings (SSSR count). The number of nitrogens with one attached hydrogen (secondary N) is 1. The first-order valence-corrected chi connectivity index (χ1v) is 10.6. The molecule has 0 spiro atoms. The van der Waals surface area contributed by atoms with Crippen molar-refractivity contribution >= 4 is 27.5 Å². The number of amides is 1. The third kappa shape index (κ3) is 3.94. The zero-order chi connectivity index (χ0) is 21.2. The van der Waals surface area contributed by atoms with Gasteiger partial charge in [-0.1, -0.05) is 60.7 Å². The standard InChI is InChI=1S/C25H24N4O2/c30-24(16-23-21-10-3-4-11-22(21)25(31)27-26-23)29-14-12-28(13-15-29)17-19-8-5-7-18-6-1-2-9-20(18)19/h1-11H,12-17H2,(H,27,31). The Labute approximate surface area is 180 Å². The molecule has 1 aliphatic heterocycles. The third-order valence-corrected chi connectivity index (χ3v) is 6.09. The lowest BCUT2D eigenvalue weighted by molar-refractivity contribution is -0.132.